The van der Waals surface area contributed by atoms with E-state index in [9.17, 15) is 5.26 Å². The number of ether oxygens (including phenoxy) is 1. The smallest absolute Gasteiger partial charge is 0.257 e. The van der Waals surface area contributed by atoms with Crippen LogP contribution in [0.5, 0.6) is 11.6 Å². The molecule has 1 heterocycles. The Morgan fingerprint density at radius 1 is 1.15 bits per heavy atom. The summed E-state index contributed by atoms with van der Waals surface area (Å²) in [6.07, 6.45) is 1.46. The molecule has 0 saturated heterocycles. The minimum atomic E-state index is 0.240. The monoisotopic (exact) mass is 287 g/mol. The van der Waals surface area contributed by atoms with Gasteiger partial charge in [0.1, 0.15) is 17.4 Å². The van der Waals surface area contributed by atoms with Gasteiger partial charge in [-0.15, -0.1) is 5.10 Å². The number of rotatable bonds is 4. The second-order valence-electron chi connectivity index (χ2n) is 4.18. The zero-order chi connectivity index (χ0) is 14.5. The van der Waals surface area contributed by atoms with Gasteiger partial charge in [-0.1, -0.05) is 25.4 Å². The van der Waals surface area contributed by atoms with Crippen molar-refractivity contribution >= 4 is 11.6 Å². The van der Waals surface area contributed by atoms with Crippen molar-refractivity contribution in [2.45, 2.75) is 26.7 Å². The van der Waals surface area contributed by atoms with Gasteiger partial charge in [0.05, 0.1) is 5.69 Å². The van der Waals surface area contributed by atoms with Crippen LogP contribution in [0.2, 0.25) is 5.02 Å². The molecule has 0 atom stereocenters. The molecule has 0 unspecified atom stereocenters. The van der Waals surface area contributed by atoms with Crippen LogP contribution in [0.4, 0.5) is 0 Å². The van der Waals surface area contributed by atoms with Gasteiger partial charge in [-0.2, -0.15) is 10.4 Å². The number of nitriles is 1. The van der Waals surface area contributed by atoms with E-state index in [1.807, 2.05) is 13.8 Å². The standard InChI is InChI=1S/C15H14ClN3O/c1-3-12-13(9-17)15(19-18-14(12)4-2)20-11-7-5-10(16)6-8-11/h5-8H,3-4H2,1-2H3. The number of hydrogen-bond acceptors (Lipinski definition) is 4. The summed E-state index contributed by atoms with van der Waals surface area (Å²) in [6, 6.07) is 9.06. The first kappa shape index (κ1) is 14.3. The van der Waals surface area contributed by atoms with Crippen LogP contribution >= 0.6 is 11.6 Å². The molecule has 0 fully saturated rings. The molecule has 0 bridgehead atoms. The third-order valence-corrected chi connectivity index (χ3v) is 3.21. The van der Waals surface area contributed by atoms with Gasteiger partial charge < -0.3 is 4.74 Å². The summed E-state index contributed by atoms with van der Waals surface area (Å²) in [5.41, 5.74) is 2.19. The van der Waals surface area contributed by atoms with Crippen LogP contribution in [0, 0.1) is 11.3 Å². The predicted octanol–water partition coefficient (Wildman–Crippen LogP) is 3.92. The van der Waals surface area contributed by atoms with Gasteiger partial charge in [0.15, 0.2) is 0 Å². The normalized spacial score (nSPS) is 10.1. The van der Waals surface area contributed by atoms with E-state index in [1.165, 1.54) is 0 Å². The first-order valence-electron chi connectivity index (χ1n) is 6.41. The van der Waals surface area contributed by atoms with E-state index in [0.717, 1.165) is 24.1 Å². The Kier molecular flexibility index (Phi) is 4.54. The number of aromatic nitrogens is 2. The molecule has 102 valence electrons. The van der Waals surface area contributed by atoms with E-state index in [4.69, 9.17) is 16.3 Å². The molecule has 0 saturated carbocycles. The maximum atomic E-state index is 9.35. The second kappa shape index (κ2) is 6.36. The lowest BCUT2D eigenvalue weighted by molar-refractivity contribution is 0.451. The molecule has 0 aliphatic rings. The summed E-state index contributed by atoms with van der Waals surface area (Å²) >= 11 is 5.82. The minimum absolute atomic E-state index is 0.240. The SMILES string of the molecule is CCc1nnc(Oc2ccc(Cl)cc2)c(C#N)c1CC. The molecule has 0 spiro atoms. The number of aryl methyl sites for hydroxylation is 1. The largest absolute Gasteiger partial charge is 0.437 e. The van der Waals surface area contributed by atoms with Crippen LogP contribution in [0.3, 0.4) is 0 Å². The molecule has 5 heteroatoms. The average molecular weight is 288 g/mol. The molecule has 4 nitrogen and oxygen atoms in total. The van der Waals surface area contributed by atoms with Gasteiger partial charge in [-0.3, -0.25) is 0 Å². The number of halogens is 1. The van der Waals surface area contributed by atoms with Crippen molar-refractivity contribution in [3.05, 3.63) is 46.1 Å². The minimum Gasteiger partial charge on any atom is -0.437 e. The number of benzene rings is 1. The van der Waals surface area contributed by atoms with E-state index in [0.29, 0.717) is 16.3 Å². The fourth-order valence-electron chi connectivity index (χ4n) is 1.96. The molecule has 0 aliphatic heterocycles. The van der Waals surface area contributed by atoms with Gasteiger partial charge in [-0.05, 0) is 42.7 Å². The van der Waals surface area contributed by atoms with E-state index < -0.39 is 0 Å². The predicted molar refractivity (Wildman–Crippen MR) is 77.0 cm³/mol. The summed E-state index contributed by atoms with van der Waals surface area (Å²) in [7, 11) is 0. The molecule has 0 radical (unpaired) electrons. The Balaban J connectivity index is 2.42. The lowest BCUT2D eigenvalue weighted by atomic mass is 10.0. The Labute approximate surface area is 123 Å². The van der Waals surface area contributed by atoms with Crippen molar-refractivity contribution in [1.29, 1.82) is 5.26 Å². The van der Waals surface area contributed by atoms with Crippen LogP contribution in [-0.2, 0) is 12.8 Å². The summed E-state index contributed by atoms with van der Waals surface area (Å²) in [5.74, 6) is 0.815. The zero-order valence-corrected chi connectivity index (χ0v) is 12.1. The maximum absolute atomic E-state index is 9.35. The molecule has 2 rings (SSSR count). The second-order valence-corrected chi connectivity index (χ2v) is 4.62. The fourth-order valence-corrected chi connectivity index (χ4v) is 2.08. The van der Waals surface area contributed by atoms with Crippen LogP contribution in [0.25, 0.3) is 0 Å². The van der Waals surface area contributed by atoms with Crippen LogP contribution in [0.1, 0.15) is 30.7 Å². The third kappa shape index (κ3) is 2.89. The molecule has 0 N–H and O–H groups in total. The Hall–Kier alpha value is -2.12. The van der Waals surface area contributed by atoms with Crippen molar-refractivity contribution < 1.29 is 4.74 Å². The Morgan fingerprint density at radius 3 is 2.40 bits per heavy atom. The summed E-state index contributed by atoms with van der Waals surface area (Å²) < 4.78 is 5.64. The highest BCUT2D eigenvalue weighted by Crippen LogP contribution is 2.27. The highest BCUT2D eigenvalue weighted by molar-refractivity contribution is 6.30. The van der Waals surface area contributed by atoms with Gasteiger partial charge in [0.2, 0.25) is 0 Å². The summed E-state index contributed by atoms with van der Waals surface area (Å²) in [6.45, 7) is 3.98. The number of hydrogen-bond donors (Lipinski definition) is 0. The van der Waals surface area contributed by atoms with Crippen molar-refractivity contribution in [2.75, 3.05) is 0 Å². The molecular formula is C15H14ClN3O. The Bertz CT molecular complexity index is 647. The molecular weight excluding hydrogens is 274 g/mol. The first-order valence-corrected chi connectivity index (χ1v) is 6.79. The third-order valence-electron chi connectivity index (χ3n) is 2.95. The highest BCUT2D eigenvalue weighted by Gasteiger charge is 2.15. The van der Waals surface area contributed by atoms with Crippen molar-refractivity contribution in [3.8, 4) is 17.7 Å². The Morgan fingerprint density at radius 2 is 1.85 bits per heavy atom. The van der Waals surface area contributed by atoms with Crippen molar-refractivity contribution in [3.63, 3.8) is 0 Å². The lowest BCUT2D eigenvalue weighted by Gasteiger charge is -2.11. The number of nitrogens with zero attached hydrogens (tertiary/aromatic N) is 3. The average Bonchev–Trinajstić information content (AvgIpc) is 2.48. The molecule has 1 aromatic heterocycles. The fraction of sp³-hybridized carbons (Fsp3) is 0.267. The van der Waals surface area contributed by atoms with Gasteiger partial charge in [0, 0.05) is 5.02 Å². The van der Waals surface area contributed by atoms with Gasteiger partial charge in [-0.25, -0.2) is 0 Å². The lowest BCUT2D eigenvalue weighted by Crippen LogP contribution is -2.05. The molecule has 2 aromatic rings. The first-order chi connectivity index (χ1) is 9.69. The van der Waals surface area contributed by atoms with Crippen LogP contribution in [0.15, 0.2) is 24.3 Å². The quantitative estimate of drug-likeness (QED) is 0.855. The highest BCUT2D eigenvalue weighted by atomic mass is 35.5. The van der Waals surface area contributed by atoms with Crippen LogP contribution in [-0.4, -0.2) is 10.2 Å². The van der Waals surface area contributed by atoms with Crippen molar-refractivity contribution in [1.82, 2.24) is 10.2 Å². The van der Waals surface area contributed by atoms with Crippen LogP contribution < -0.4 is 4.74 Å². The molecule has 0 amide bonds. The van der Waals surface area contributed by atoms with E-state index >= 15 is 0 Å². The van der Waals surface area contributed by atoms with E-state index in [2.05, 4.69) is 16.3 Å². The summed E-state index contributed by atoms with van der Waals surface area (Å²) in [4.78, 5) is 0. The van der Waals surface area contributed by atoms with E-state index in [1.54, 1.807) is 24.3 Å². The topological polar surface area (TPSA) is 58.8 Å². The maximum Gasteiger partial charge on any atom is 0.257 e. The van der Waals surface area contributed by atoms with Crippen molar-refractivity contribution in [2.24, 2.45) is 0 Å². The molecule has 1 aromatic carbocycles. The van der Waals surface area contributed by atoms with Gasteiger partial charge >= 0.3 is 0 Å². The molecule has 0 aliphatic carbocycles. The zero-order valence-electron chi connectivity index (χ0n) is 11.4. The summed E-state index contributed by atoms with van der Waals surface area (Å²) in [5, 5.41) is 18.1. The van der Waals surface area contributed by atoms with Gasteiger partial charge in [0.25, 0.3) is 5.88 Å². The van der Waals surface area contributed by atoms with E-state index in [-0.39, 0.29) is 5.88 Å². The molecule has 20 heavy (non-hydrogen) atoms.